The van der Waals surface area contributed by atoms with E-state index in [0.29, 0.717) is 10.7 Å². The van der Waals surface area contributed by atoms with Gasteiger partial charge in [0.25, 0.3) is 0 Å². The molecule has 0 fully saturated rings. The molecule has 128 valence electrons. The molecule has 1 aromatic carbocycles. The summed E-state index contributed by atoms with van der Waals surface area (Å²) in [4.78, 5) is 25.4. The van der Waals surface area contributed by atoms with Crippen LogP contribution in [-0.4, -0.2) is 36.1 Å². The first kappa shape index (κ1) is 19.6. The van der Waals surface area contributed by atoms with Crippen LogP contribution in [0.3, 0.4) is 0 Å². The third-order valence-electron chi connectivity index (χ3n) is 2.75. The van der Waals surface area contributed by atoms with Crippen LogP contribution in [0.2, 0.25) is 5.02 Å². The molecule has 0 aliphatic carbocycles. The van der Waals surface area contributed by atoms with E-state index < -0.39 is 11.7 Å². The Bertz CT molecular complexity index is 559. The van der Waals surface area contributed by atoms with Crippen LogP contribution in [0.15, 0.2) is 24.3 Å². The molecular formula is C16H22Cl2N2O3. The summed E-state index contributed by atoms with van der Waals surface area (Å²) in [6.07, 6.45) is -0.533. The molecule has 1 atom stereocenters. The number of anilines is 1. The number of carbonyl (C=O) groups is 2. The Kier molecular flexibility index (Phi) is 7.16. The lowest BCUT2D eigenvalue weighted by Gasteiger charge is -2.27. The van der Waals surface area contributed by atoms with E-state index in [0.717, 1.165) is 0 Å². The highest BCUT2D eigenvalue weighted by Crippen LogP contribution is 2.20. The topological polar surface area (TPSA) is 58.6 Å². The SMILES string of the molecule is C[C@@H](CN(C(=O)CCl)c1cccc(Cl)c1)NC(=O)OC(C)(C)C. The maximum atomic E-state index is 12.1. The predicted molar refractivity (Wildman–Crippen MR) is 93.4 cm³/mol. The number of nitrogens with zero attached hydrogens (tertiary/aromatic N) is 1. The zero-order valence-electron chi connectivity index (χ0n) is 13.7. The van der Waals surface area contributed by atoms with Gasteiger partial charge in [-0.2, -0.15) is 0 Å². The summed E-state index contributed by atoms with van der Waals surface area (Å²) in [6, 6.07) is 6.58. The van der Waals surface area contributed by atoms with E-state index in [1.807, 2.05) is 0 Å². The van der Waals surface area contributed by atoms with Crippen molar-refractivity contribution >= 4 is 40.9 Å². The molecule has 2 amide bonds. The number of ether oxygens (including phenoxy) is 1. The van der Waals surface area contributed by atoms with Crippen molar-refractivity contribution in [3.05, 3.63) is 29.3 Å². The van der Waals surface area contributed by atoms with Crippen molar-refractivity contribution in [1.29, 1.82) is 0 Å². The highest BCUT2D eigenvalue weighted by atomic mass is 35.5. The van der Waals surface area contributed by atoms with Gasteiger partial charge in [-0.3, -0.25) is 4.79 Å². The van der Waals surface area contributed by atoms with Gasteiger partial charge in [-0.25, -0.2) is 4.79 Å². The molecule has 1 aromatic rings. The number of alkyl carbamates (subject to hydrolysis) is 1. The van der Waals surface area contributed by atoms with E-state index in [-0.39, 0.29) is 24.4 Å². The van der Waals surface area contributed by atoms with E-state index in [2.05, 4.69) is 5.32 Å². The first-order valence-corrected chi connectivity index (χ1v) is 8.15. The van der Waals surface area contributed by atoms with Crippen LogP contribution in [0, 0.1) is 0 Å². The molecule has 0 radical (unpaired) electrons. The molecule has 0 spiro atoms. The summed E-state index contributed by atoms with van der Waals surface area (Å²) in [7, 11) is 0. The van der Waals surface area contributed by atoms with E-state index in [9.17, 15) is 9.59 Å². The third kappa shape index (κ3) is 7.10. The second kappa shape index (κ2) is 8.41. The van der Waals surface area contributed by atoms with Gasteiger partial charge in [-0.1, -0.05) is 17.7 Å². The number of amides is 2. The van der Waals surface area contributed by atoms with Crippen molar-refractivity contribution in [2.24, 2.45) is 0 Å². The first-order valence-electron chi connectivity index (χ1n) is 7.24. The van der Waals surface area contributed by atoms with Crippen molar-refractivity contribution in [1.82, 2.24) is 5.32 Å². The number of hydrogen-bond acceptors (Lipinski definition) is 3. The molecule has 0 saturated heterocycles. The molecule has 0 unspecified atom stereocenters. The maximum absolute atomic E-state index is 12.1. The molecular weight excluding hydrogens is 339 g/mol. The fourth-order valence-corrected chi connectivity index (χ4v) is 2.22. The van der Waals surface area contributed by atoms with Crippen LogP contribution in [0.4, 0.5) is 10.5 Å². The highest BCUT2D eigenvalue weighted by molar-refractivity contribution is 6.31. The predicted octanol–water partition coefficient (Wildman–Crippen LogP) is 3.83. The number of benzene rings is 1. The quantitative estimate of drug-likeness (QED) is 0.811. The van der Waals surface area contributed by atoms with Crippen molar-refractivity contribution in [2.75, 3.05) is 17.3 Å². The number of halogens is 2. The minimum atomic E-state index is -0.581. The van der Waals surface area contributed by atoms with E-state index in [4.69, 9.17) is 27.9 Å². The van der Waals surface area contributed by atoms with Crippen LogP contribution in [-0.2, 0) is 9.53 Å². The molecule has 0 saturated carbocycles. The molecule has 0 aliphatic rings. The number of rotatable bonds is 5. The summed E-state index contributed by atoms with van der Waals surface area (Å²) >= 11 is 11.6. The average molecular weight is 361 g/mol. The molecule has 1 N–H and O–H groups in total. The van der Waals surface area contributed by atoms with Gasteiger partial charge < -0.3 is 15.0 Å². The Morgan fingerprint density at radius 3 is 2.52 bits per heavy atom. The van der Waals surface area contributed by atoms with Crippen molar-refractivity contribution in [2.45, 2.75) is 39.3 Å². The molecule has 5 nitrogen and oxygen atoms in total. The average Bonchev–Trinajstić information content (AvgIpc) is 2.41. The normalized spacial score (nSPS) is 12.4. The van der Waals surface area contributed by atoms with Crippen molar-refractivity contribution in [3.63, 3.8) is 0 Å². The van der Waals surface area contributed by atoms with Crippen LogP contribution in [0.1, 0.15) is 27.7 Å². The minimum Gasteiger partial charge on any atom is -0.444 e. The Morgan fingerprint density at radius 2 is 2.00 bits per heavy atom. The Balaban J connectivity index is 2.78. The summed E-state index contributed by atoms with van der Waals surface area (Å²) in [6.45, 7) is 7.39. The molecule has 23 heavy (non-hydrogen) atoms. The van der Waals surface area contributed by atoms with Crippen LogP contribution in [0.25, 0.3) is 0 Å². The molecule has 7 heteroatoms. The second-order valence-corrected chi connectivity index (χ2v) is 6.87. The largest absolute Gasteiger partial charge is 0.444 e. The van der Waals surface area contributed by atoms with Gasteiger partial charge in [0.1, 0.15) is 11.5 Å². The van der Waals surface area contributed by atoms with Crippen LogP contribution < -0.4 is 10.2 Å². The lowest BCUT2D eigenvalue weighted by molar-refractivity contribution is -0.116. The van der Waals surface area contributed by atoms with Crippen molar-refractivity contribution < 1.29 is 14.3 Å². The Morgan fingerprint density at radius 1 is 1.35 bits per heavy atom. The van der Waals surface area contributed by atoms with Gasteiger partial charge in [0.2, 0.25) is 5.91 Å². The molecule has 0 heterocycles. The van der Waals surface area contributed by atoms with E-state index in [1.54, 1.807) is 52.0 Å². The van der Waals surface area contributed by atoms with Crippen LogP contribution >= 0.6 is 23.2 Å². The molecule has 1 rings (SSSR count). The second-order valence-electron chi connectivity index (χ2n) is 6.17. The Labute approximate surface area is 146 Å². The smallest absolute Gasteiger partial charge is 0.407 e. The van der Waals surface area contributed by atoms with Gasteiger partial charge in [-0.05, 0) is 45.9 Å². The fraction of sp³-hybridized carbons (Fsp3) is 0.500. The fourth-order valence-electron chi connectivity index (χ4n) is 1.90. The zero-order chi connectivity index (χ0) is 17.6. The number of carbonyl (C=O) groups excluding carboxylic acids is 2. The molecule has 0 bridgehead atoms. The Hall–Kier alpha value is -1.46. The van der Waals surface area contributed by atoms with Gasteiger partial charge in [0, 0.05) is 23.3 Å². The zero-order valence-corrected chi connectivity index (χ0v) is 15.2. The van der Waals surface area contributed by atoms with Gasteiger partial charge in [0.05, 0.1) is 0 Å². The third-order valence-corrected chi connectivity index (χ3v) is 3.22. The van der Waals surface area contributed by atoms with Gasteiger partial charge in [-0.15, -0.1) is 11.6 Å². The summed E-state index contributed by atoms with van der Waals surface area (Å²) in [5, 5.41) is 3.22. The molecule has 0 aliphatic heterocycles. The van der Waals surface area contributed by atoms with Crippen molar-refractivity contribution in [3.8, 4) is 0 Å². The first-order chi connectivity index (χ1) is 10.6. The van der Waals surface area contributed by atoms with Gasteiger partial charge >= 0.3 is 6.09 Å². The summed E-state index contributed by atoms with van der Waals surface area (Å²) in [5.41, 5.74) is 0.0450. The van der Waals surface area contributed by atoms with Crippen LogP contribution in [0.5, 0.6) is 0 Å². The van der Waals surface area contributed by atoms with E-state index in [1.165, 1.54) is 4.90 Å². The lowest BCUT2D eigenvalue weighted by Crippen LogP contribution is -2.46. The highest BCUT2D eigenvalue weighted by Gasteiger charge is 2.21. The summed E-state index contributed by atoms with van der Waals surface area (Å²) in [5.74, 6) is -0.433. The minimum absolute atomic E-state index is 0.161. The number of alkyl halides is 1. The number of nitrogens with one attached hydrogen (secondary N) is 1. The standard InChI is InChI=1S/C16H22Cl2N2O3/c1-11(19-15(22)23-16(2,3)4)10-20(14(21)9-17)13-7-5-6-12(18)8-13/h5-8,11H,9-10H2,1-4H3,(H,19,22)/t11-/m0/s1. The molecule has 0 aromatic heterocycles. The summed E-state index contributed by atoms with van der Waals surface area (Å²) < 4.78 is 5.20. The maximum Gasteiger partial charge on any atom is 0.407 e. The monoisotopic (exact) mass is 360 g/mol. The number of hydrogen-bond donors (Lipinski definition) is 1. The van der Waals surface area contributed by atoms with E-state index >= 15 is 0 Å². The lowest BCUT2D eigenvalue weighted by atomic mass is 10.2. The van der Waals surface area contributed by atoms with Gasteiger partial charge in [0.15, 0.2) is 0 Å².